The van der Waals surface area contributed by atoms with Gasteiger partial charge >= 0.3 is 6.03 Å². The summed E-state index contributed by atoms with van der Waals surface area (Å²) in [7, 11) is 3.24. The maximum atomic E-state index is 13.5. The third kappa shape index (κ3) is 4.38. The number of aromatic nitrogens is 2. The Bertz CT molecular complexity index is 1040. The van der Waals surface area contributed by atoms with Crippen molar-refractivity contribution >= 4 is 17.1 Å². The van der Waals surface area contributed by atoms with Crippen LogP contribution in [0.1, 0.15) is 56.6 Å². The summed E-state index contributed by atoms with van der Waals surface area (Å²) in [6.07, 6.45) is 2.97. The van der Waals surface area contributed by atoms with E-state index >= 15 is 0 Å². The van der Waals surface area contributed by atoms with Crippen molar-refractivity contribution in [1.29, 1.82) is 0 Å². The molecule has 2 N–H and O–H groups in total. The first-order chi connectivity index (χ1) is 15.5. The van der Waals surface area contributed by atoms with E-state index in [4.69, 9.17) is 14.5 Å². The van der Waals surface area contributed by atoms with Crippen molar-refractivity contribution in [2.75, 3.05) is 20.8 Å². The first-order valence-corrected chi connectivity index (χ1v) is 11.3. The number of aromatic amines is 1. The maximum Gasteiger partial charge on any atom is 0.318 e. The second kappa shape index (κ2) is 9.51. The number of hydrogen-bond donors (Lipinski definition) is 2. The van der Waals surface area contributed by atoms with Crippen LogP contribution in [0.5, 0.6) is 11.5 Å². The highest BCUT2D eigenvalue weighted by molar-refractivity contribution is 5.77. The van der Waals surface area contributed by atoms with E-state index < -0.39 is 0 Å². The number of H-pyrrole nitrogens is 1. The highest BCUT2D eigenvalue weighted by Gasteiger charge is 2.32. The Balaban J connectivity index is 1.58. The van der Waals surface area contributed by atoms with Gasteiger partial charge in [-0.25, -0.2) is 9.78 Å². The Morgan fingerprint density at radius 3 is 2.62 bits per heavy atom. The average molecular weight is 437 g/mol. The van der Waals surface area contributed by atoms with E-state index in [1.807, 2.05) is 47.4 Å². The van der Waals surface area contributed by atoms with Gasteiger partial charge in [-0.2, -0.15) is 0 Å². The zero-order valence-corrected chi connectivity index (χ0v) is 19.2. The van der Waals surface area contributed by atoms with E-state index in [1.54, 1.807) is 14.2 Å². The molecular weight excluding hydrogens is 404 g/mol. The van der Waals surface area contributed by atoms with E-state index in [-0.39, 0.29) is 24.0 Å². The lowest BCUT2D eigenvalue weighted by Crippen LogP contribution is -2.46. The predicted octanol–water partition coefficient (Wildman–Crippen LogP) is 5.21. The van der Waals surface area contributed by atoms with Crippen LogP contribution in [0.3, 0.4) is 0 Å². The number of nitrogens with one attached hydrogen (secondary N) is 2. The van der Waals surface area contributed by atoms with Crippen molar-refractivity contribution in [3.05, 3.63) is 53.9 Å². The van der Waals surface area contributed by atoms with Crippen LogP contribution in [-0.2, 0) is 0 Å². The minimum atomic E-state index is -0.152. The van der Waals surface area contributed by atoms with Crippen molar-refractivity contribution in [2.45, 2.75) is 45.2 Å². The van der Waals surface area contributed by atoms with Crippen molar-refractivity contribution in [2.24, 2.45) is 5.92 Å². The summed E-state index contributed by atoms with van der Waals surface area (Å²) in [5.41, 5.74) is 2.92. The summed E-state index contributed by atoms with van der Waals surface area (Å²) in [5.74, 6) is 2.38. The van der Waals surface area contributed by atoms with Gasteiger partial charge < -0.3 is 24.7 Å². The number of methoxy groups -OCH3 is 2. The second-order valence-electron chi connectivity index (χ2n) is 8.63. The number of amides is 2. The smallest absolute Gasteiger partial charge is 0.318 e. The molecule has 170 valence electrons. The third-order valence-corrected chi connectivity index (χ3v) is 6.20. The molecule has 7 heteroatoms. The molecule has 0 saturated carbocycles. The number of hydrogen-bond acceptors (Lipinski definition) is 4. The van der Waals surface area contributed by atoms with E-state index in [0.717, 1.165) is 41.7 Å². The van der Waals surface area contributed by atoms with Gasteiger partial charge in [0.05, 0.1) is 37.3 Å². The molecule has 1 aliphatic heterocycles. The van der Waals surface area contributed by atoms with Crippen molar-refractivity contribution in [3.63, 3.8) is 0 Å². The lowest BCUT2D eigenvalue weighted by molar-refractivity contribution is 0.142. The number of urea groups is 1. The van der Waals surface area contributed by atoms with E-state index in [1.165, 1.54) is 0 Å². The van der Waals surface area contributed by atoms with Crippen LogP contribution in [0.15, 0.2) is 42.5 Å². The van der Waals surface area contributed by atoms with E-state index in [9.17, 15) is 4.79 Å². The Kier molecular flexibility index (Phi) is 6.53. The number of ether oxygens (including phenoxy) is 2. The average Bonchev–Trinajstić information content (AvgIpc) is 3.26. The molecule has 1 aliphatic rings. The van der Waals surface area contributed by atoms with Gasteiger partial charge in [0.25, 0.3) is 0 Å². The van der Waals surface area contributed by atoms with Gasteiger partial charge in [0.1, 0.15) is 5.82 Å². The van der Waals surface area contributed by atoms with Crippen LogP contribution in [0.2, 0.25) is 0 Å². The number of carbonyl (C=O) groups excluding carboxylic acids is 1. The fourth-order valence-corrected chi connectivity index (χ4v) is 4.49. The summed E-state index contributed by atoms with van der Waals surface area (Å²) < 4.78 is 10.8. The zero-order valence-electron chi connectivity index (χ0n) is 19.2. The van der Waals surface area contributed by atoms with Crippen LogP contribution in [0, 0.1) is 5.92 Å². The minimum absolute atomic E-state index is 0.0608. The van der Waals surface area contributed by atoms with Gasteiger partial charge in [-0.1, -0.05) is 32.0 Å². The number of rotatable bonds is 6. The predicted molar refractivity (Wildman–Crippen MR) is 125 cm³/mol. The van der Waals surface area contributed by atoms with Crippen LogP contribution in [0.25, 0.3) is 11.0 Å². The lowest BCUT2D eigenvalue weighted by atomic mass is 9.95. The van der Waals surface area contributed by atoms with Crippen LogP contribution >= 0.6 is 0 Å². The van der Waals surface area contributed by atoms with Crippen molar-refractivity contribution in [1.82, 2.24) is 20.2 Å². The molecule has 1 saturated heterocycles. The fraction of sp³-hybridized carbons (Fsp3) is 0.440. The standard InChI is InChI=1S/C25H32N4O3/c1-16(2)23(17-12-13-21(31-3)22(15-17)32-4)28-25(30)29-14-8-7-11-20(29)24-26-18-9-5-6-10-19(18)27-24/h5-6,9-10,12-13,15-16,20,23H,7-8,11,14H2,1-4H3,(H,26,27)(H,28,30)/t20-,23+/m0/s1. The molecule has 0 spiro atoms. The molecule has 2 heterocycles. The van der Waals surface area contributed by atoms with Gasteiger partial charge in [-0.05, 0) is 55.0 Å². The molecule has 1 aromatic heterocycles. The van der Waals surface area contributed by atoms with E-state index in [0.29, 0.717) is 18.0 Å². The minimum Gasteiger partial charge on any atom is -0.493 e. The van der Waals surface area contributed by atoms with Gasteiger partial charge in [-0.3, -0.25) is 0 Å². The molecular formula is C25H32N4O3. The quantitative estimate of drug-likeness (QED) is 0.556. The van der Waals surface area contributed by atoms with E-state index in [2.05, 4.69) is 24.1 Å². The number of nitrogens with zero attached hydrogens (tertiary/aromatic N) is 2. The van der Waals surface area contributed by atoms with Crippen molar-refractivity contribution < 1.29 is 14.3 Å². The molecule has 1 fully saturated rings. The van der Waals surface area contributed by atoms with Crippen LogP contribution in [0.4, 0.5) is 4.79 Å². The highest BCUT2D eigenvalue weighted by atomic mass is 16.5. The summed E-state index contributed by atoms with van der Waals surface area (Å²) in [5, 5.41) is 3.27. The Morgan fingerprint density at radius 2 is 1.91 bits per heavy atom. The molecule has 2 aromatic carbocycles. The van der Waals surface area contributed by atoms with Crippen LogP contribution < -0.4 is 14.8 Å². The van der Waals surface area contributed by atoms with Gasteiger partial charge in [0.15, 0.2) is 11.5 Å². The Morgan fingerprint density at radius 1 is 1.12 bits per heavy atom. The topological polar surface area (TPSA) is 79.5 Å². The number of para-hydroxylation sites is 2. The number of piperidine rings is 1. The SMILES string of the molecule is COc1ccc([C@H](NC(=O)N2CCCC[C@H]2c2nc3ccccc3[nH]2)C(C)C)cc1OC. The Hall–Kier alpha value is -3.22. The number of carbonyl (C=O) groups is 1. The van der Waals surface area contributed by atoms with Crippen LogP contribution in [-0.4, -0.2) is 41.7 Å². The molecule has 32 heavy (non-hydrogen) atoms. The molecule has 7 nitrogen and oxygen atoms in total. The summed E-state index contributed by atoms with van der Waals surface area (Å²) in [6, 6.07) is 13.5. The fourth-order valence-electron chi connectivity index (χ4n) is 4.49. The molecule has 2 atom stereocenters. The van der Waals surface area contributed by atoms with Crippen molar-refractivity contribution in [3.8, 4) is 11.5 Å². The lowest BCUT2D eigenvalue weighted by Gasteiger charge is -2.36. The molecule has 0 bridgehead atoms. The molecule has 2 amide bonds. The molecule has 3 aromatic rings. The summed E-state index contributed by atoms with van der Waals surface area (Å²) >= 11 is 0. The molecule has 0 radical (unpaired) electrons. The third-order valence-electron chi connectivity index (χ3n) is 6.20. The maximum absolute atomic E-state index is 13.5. The molecule has 0 aliphatic carbocycles. The number of benzene rings is 2. The summed E-state index contributed by atoms with van der Waals surface area (Å²) in [4.78, 5) is 23.6. The Labute approximate surface area is 189 Å². The van der Waals surface area contributed by atoms with Gasteiger partial charge in [0.2, 0.25) is 0 Å². The monoisotopic (exact) mass is 436 g/mol. The summed E-state index contributed by atoms with van der Waals surface area (Å²) in [6.45, 7) is 4.92. The molecule has 0 unspecified atom stereocenters. The number of imidazole rings is 1. The largest absolute Gasteiger partial charge is 0.493 e. The zero-order chi connectivity index (χ0) is 22.7. The van der Waals surface area contributed by atoms with Gasteiger partial charge in [0, 0.05) is 6.54 Å². The second-order valence-corrected chi connectivity index (χ2v) is 8.63. The molecule has 4 rings (SSSR count). The first-order valence-electron chi connectivity index (χ1n) is 11.3. The highest BCUT2D eigenvalue weighted by Crippen LogP contribution is 2.34. The number of likely N-dealkylation sites (tertiary alicyclic amines) is 1. The number of fused-ring (bicyclic) bond motifs is 1. The van der Waals surface area contributed by atoms with Gasteiger partial charge in [-0.15, -0.1) is 0 Å². The first kappa shape index (κ1) is 22.0. The normalized spacial score (nSPS) is 17.4.